The van der Waals surface area contributed by atoms with Gasteiger partial charge in [-0.3, -0.25) is 4.79 Å². The first kappa shape index (κ1) is 14.9. The molecule has 16 heavy (non-hydrogen) atoms. The van der Waals surface area contributed by atoms with E-state index in [-0.39, 0.29) is 12.0 Å². The summed E-state index contributed by atoms with van der Waals surface area (Å²) in [5.74, 6) is 0.0238. The van der Waals surface area contributed by atoms with Crippen molar-refractivity contribution >= 4 is 5.91 Å². The lowest BCUT2D eigenvalue weighted by atomic mass is 10.2. The quantitative estimate of drug-likeness (QED) is 0.736. The van der Waals surface area contributed by atoms with Crippen molar-refractivity contribution in [2.45, 2.75) is 46.1 Å². The van der Waals surface area contributed by atoms with Crippen molar-refractivity contribution in [3.63, 3.8) is 0 Å². The molecule has 4 heteroatoms. The van der Waals surface area contributed by atoms with Gasteiger partial charge in [-0.15, -0.1) is 0 Å². The molecule has 0 N–H and O–H groups in total. The van der Waals surface area contributed by atoms with Crippen LogP contribution in [0.1, 0.15) is 40.0 Å². The van der Waals surface area contributed by atoms with Crippen LogP contribution in [-0.2, 0) is 9.53 Å². The third-order valence-electron chi connectivity index (χ3n) is 2.39. The molecule has 0 aromatic rings. The standard InChI is InChI=1S/C10H16N2O2.C2H6/c1-9(13)12(6-3-5-11)8-10-4-2-7-14-10;1-2/h10H,2-4,6-8H2,1H3;1-2H3. The van der Waals surface area contributed by atoms with Crippen LogP contribution in [0.4, 0.5) is 0 Å². The Balaban J connectivity index is 0.00000106. The summed E-state index contributed by atoms with van der Waals surface area (Å²) >= 11 is 0. The zero-order valence-corrected chi connectivity index (χ0v) is 10.5. The summed E-state index contributed by atoms with van der Waals surface area (Å²) < 4.78 is 5.44. The number of nitrogens with zero attached hydrogens (tertiary/aromatic N) is 2. The van der Waals surface area contributed by atoms with E-state index in [1.165, 1.54) is 6.92 Å². The third kappa shape index (κ3) is 5.72. The van der Waals surface area contributed by atoms with E-state index in [4.69, 9.17) is 10.00 Å². The number of carbonyl (C=O) groups excluding carboxylic acids is 1. The second-order valence-corrected chi connectivity index (χ2v) is 3.51. The molecule has 0 aliphatic carbocycles. The van der Waals surface area contributed by atoms with E-state index in [0.29, 0.717) is 19.5 Å². The van der Waals surface area contributed by atoms with E-state index in [1.54, 1.807) is 4.90 Å². The van der Waals surface area contributed by atoms with E-state index < -0.39 is 0 Å². The average molecular weight is 226 g/mol. The molecule has 1 fully saturated rings. The largest absolute Gasteiger partial charge is 0.376 e. The fourth-order valence-corrected chi connectivity index (χ4v) is 1.60. The molecule has 1 atom stereocenters. The highest BCUT2D eigenvalue weighted by Gasteiger charge is 2.20. The lowest BCUT2D eigenvalue weighted by Crippen LogP contribution is -2.36. The van der Waals surface area contributed by atoms with Gasteiger partial charge in [0.2, 0.25) is 5.91 Å². The van der Waals surface area contributed by atoms with Crippen LogP contribution in [0.5, 0.6) is 0 Å². The number of carbonyl (C=O) groups is 1. The normalized spacial score (nSPS) is 18.2. The molecule has 92 valence electrons. The van der Waals surface area contributed by atoms with Crippen molar-refractivity contribution in [2.75, 3.05) is 19.7 Å². The molecule has 0 bridgehead atoms. The van der Waals surface area contributed by atoms with Gasteiger partial charge >= 0.3 is 0 Å². The highest BCUT2D eigenvalue weighted by Crippen LogP contribution is 2.13. The maximum Gasteiger partial charge on any atom is 0.219 e. The molecular formula is C12H22N2O2. The first-order valence-corrected chi connectivity index (χ1v) is 5.98. The van der Waals surface area contributed by atoms with Gasteiger partial charge in [0.1, 0.15) is 0 Å². The predicted molar refractivity (Wildman–Crippen MR) is 62.8 cm³/mol. The SMILES string of the molecule is CC.CC(=O)N(CCC#N)CC1CCCO1. The Labute approximate surface area is 98.2 Å². The molecule has 0 spiro atoms. The molecule has 0 aromatic heterocycles. The average Bonchev–Trinajstić information content (AvgIpc) is 2.79. The molecule has 1 saturated heterocycles. The Morgan fingerprint density at radius 1 is 1.56 bits per heavy atom. The summed E-state index contributed by atoms with van der Waals surface area (Å²) in [6.45, 7) is 7.49. The van der Waals surface area contributed by atoms with Gasteiger partial charge in [-0.25, -0.2) is 0 Å². The Morgan fingerprint density at radius 3 is 2.69 bits per heavy atom. The number of ether oxygens (including phenoxy) is 1. The minimum Gasteiger partial charge on any atom is -0.376 e. The van der Waals surface area contributed by atoms with E-state index in [0.717, 1.165) is 19.4 Å². The van der Waals surface area contributed by atoms with Crippen molar-refractivity contribution in [2.24, 2.45) is 0 Å². The fraction of sp³-hybridized carbons (Fsp3) is 0.833. The smallest absolute Gasteiger partial charge is 0.219 e. The number of hydrogen-bond acceptors (Lipinski definition) is 3. The van der Waals surface area contributed by atoms with Gasteiger partial charge in [0.25, 0.3) is 0 Å². The first-order chi connectivity index (χ1) is 7.74. The Morgan fingerprint density at radius 2 is 2.25 bits per heavy atom. The van der Waals surface area contributed by atoms with Crippen LogP contribution in [0, 0.1) is 11.3 Å². The van der Waals surface area contributed by atoms with Crippen molar-refractivity contribution in [1.29, 1.82) is 5.26 Å². The number of hydrogen-bond donors (Lipinski definition) is 0. The molecule has 4 nitrogen and oxygen atoms in total. The summed E-state index contributed by atoms with van der Waals surface area (Å²) in [6, 6.07) is 2.04. The maximum atomic E-state index is 11.2. The number of rotatable bonds is 4. The highest BCUT2D eigenvalue weighted by molar-refractivity contribution is 5.73. The van der Waals surface area contributed by atoms with Gasteiger partial charge in [-0.05, 0) is 12.8 Å². The van der Waals surface area contributed by atoms with E-state index in [1.807, 2.05) is 19.9 Å². The molecule has 1 heterocycles. The summed E-state index contributed by atoms with van der Waals surface area (Å²) in [7, 11) is 0. The zero-order valence-electron chi connectivity index (χ0n) is 10.5. The lowest BCUT2D eigenvalue weighted by Gasteiger charge is -2.22. The summed E-state index contributed by atoms with van der Waals surface area (Å²) in [4.78, 5) is 12.9. The van der Waals surface area contributed by atoms with Crippen LogP contribution in [0.3, 0.4) is 0 Å². The predicted octanol–water partition coefficient (Wildman–Crippen LogP) is 1.95. The highest BCUT2D eigenvalue weighted by atomic mass is 16.5. The van der Waals surface area contributed by atoms with Gasteiger partial charge in [0.05, 0.1) is 18.6 Å². The first-order valence-electron chi connectivity index (χ1n) is 5.98. The van der Waals surface area contributed by atoms with Crippen molar-refractivity contribution in [1.82, 2.24) is 4.90 Å². The van der Waals surface area contributed by atoms with Crippen molar-refractivity contribution in [3.05, 3.63) is 0 Å². The van der Waals surface area contributed by atoms with Crippen LogP contribution < -0.4 is 0 Å². The minimum atomic E-state index is 0.0238. The summed E-state index contributed by atoms with van der Waals surface area (Å²) in [5.41, 5.74) is 0. The molecule has 0 radical (unpaired) electrons. The Bertz CT molecular complexity index is 230. The third-order valence-corrected chi connectivity index (χ3v) is 2.39. The van der Waals surface area contributed by atoms with E-state index >= 15 is 0 Å². The topological polar surface area (TPSA) is 53.3 Å². The van der Waals surface area contributed by atoms with Crippen LogP contribution >= 0.6 is 0 Å². The van der Waals surface area contributed by atoms with Crippen LogP contribution in [-0.4, -0.2) is 36.6 Å². The monoisotopic (exact) mass is 226 g/mol. The molecule has 0 saturated carbocycles. The van der Waals surface area contributed by atoms with Crippen LogP contribution in [0.2, 0.25) is 0 Å². The number of nitriles is 1. The molecule has 1 aliphatic rings. The Hall–Kier alpha value is -1.08. The van der Waals surface area contributed by atoms with Crippen molar-refractivity contribution in [3.8, 4) is 6.07 Å². The Kier molecular flexibility index (Phi) is 8.55. The van der Waals surface area contributed by atoms with Gasteiger partial charge < -0.3 is 9.64 Å². The number of amides is 1. The summed E-state index contributed by atoms with van der Waals surface area (Å²) in [6.07, 6.45) is 2.68. The summed E-state index contributed by atoms with van der Waals surface area (Å²) in [5, 5.41) is 8.44. The van der Waals surface area contributed by atoms with Gasteiger partial charge in [-0.1, -0.05) is 13.8 Å². The zero-order chi connectivity index (χ0) is 12.4. The van der Waals surface area contributed by atoms with E-state index in [9.17, 15) is 4.79 Å². The van der Waals surface area contributed by atoms with E-state index in [2.05, 4.69) is 0 Å². The van der Waals surface area contributed by atoms with Gasteiger partial charge in [0.15, 0.2) is 0 Å². The van der Waals surface area contributed by atoms with Crippen LogP contribution in [0.15, 0.2) is 0 Å². The molecular weight excluding hydrogens is 204 g/mol. The molecule has 1 amide bonds. The second kappa shape index (κ2) is 9.17. The van der Waals surface area contributed by atoms with Crippen LogP contribution in [0.25, 0.3) is 0 Å². The minimum absolute atomic E-state index is 0.0238. The van der Waals surface area contributed by atoms with Gasteiger partial charge in [-0.2, -0.15) is 5.26 Å². The maximum absolute atomic E-state index is 11.2. The second-order valence-electron chi connectivity index (χ2n) is 3.51. The molecule has 1 aliphatic heterocycles. The molecule has 1 rings (SSSR count). The lowest BCUT2D eigenvalue weighted by molar-refractivity contribution is -0.130. The molecule has 0 aromatic carbocycles. The molecule has 1 unspecified atom stereocenters. The fourth-order valence-electron chi connectivity index (χ4n) is 1.60. The van der Waals surface area contributed by atoms with Crippen molar-refractivity contribution < 1.29 is 9.53 Å². The van der Waals surface area contributed by atoms with Gasteiger partial charge in [0, 0.05) is 26.6 Å².